The van der Waals surface area contributed by atoms with E-state index in [2.05, 4.69) is 16.4 Å². The van der Waals surface area contributed by atoms with Gasteiger partial charge in [0.1, 0.15) is 11.8 Å². The van der Waals surface area contributed by atoms with Gasteiger partial charge in [0, 0.05) is 12.7 Å². The third-order valence-corrected chi connectivity index (χ3v) is 3.00. The summed E-state index contributed by atoms with van der Waals surface area (Å²) in [6.45, 7) is 2.42. The molecule has 1 amide bonds. The second-order valence-electron chi connectivity index (χ2n) is 4.70. The molecule has 0 spiro atoms. The number of nitrogens with one attached hydrogen (secondary N) is 1. The Bertz CT molecular complexity index is 716. The maximum Gasteiger partial charge on any atom is 0.257 e. The molecule has 2 aromatic rings. The van der Waals surface area contributed by atoms with E-state index in [1.807, 2.05) is 25.1 Å². The number of rotatable bonds is 6. The minimum atomic E-state index is -0.154. The molecule has 1 heterocycles. The number of aromatic nitrogens is 1. The van der Waals surface area contributed by atoms with Gasteiger partial charge in [0.15, 0.2) is 6.61 Å². The first-order valence-electron chi connectivity index (χ1n) is 7.25. The van der Waals surface area contributed by atoms with E-state index in [9.17, 15) is 10.1 Å². The number of allylic oxidation sites excluding steroid dienone is 1. The van der Waals surface area contributed by atoms with Gasteiger partial charge in [-0.25, -0.2) is 0 Å². The summed E-state index contributed by atoms with van der Waals surface area (Å²) >= 11 is 0. The van der Waals surface area contributed by atoms with Gasteiger partial charge in [0.25, 0.3) is 5.91 Å². The molecule has 0 unspecified atom stereocenters. The summed E-state index contributed by atoms with van der Waals surface area (Å²) in [5, 5.41) is 11.9. The van der Waals surface area contributed by atoms with E-state index >= 15 is 0 Å². The standard InChI is InChI=1S/C18H17N3O2/c1-2-20-18(22)13-23-16-8-6-14(7-9-16)11-15(12-19)17-5-3-4-10-21-17/h3-11H,2,13H2,1H3,(H,20,22)/b15-11-. The van der Waals surface area contributed by atoms with Crippen molar-refractivity contribution in [1.82, 2.24) is 10.3 Å². The van der Waals surface area contributed by atoms with Gasteiger partial charge in [0.05, 0.1) is 11.3 Å². The average molecular weight is 307 g/mol. The number of pyridine rings is 1. The molecule has 5 nitrogen and oxygen atoms in total. The molecular formula is C18H17N3O2. The molecule has 0 aliphatic carbocycles. The molecule has 0 aliphatic heterocycles. The van der Waals surface area contributed by atoms with Crippen LogP contribution in [0.3, 0.4) is 0 Å². The molecule has 1 aromatic carbocycles. The molecule has 0 bridgehead atoms. The summed E-state index contributed by atoms with van der Waals surface area (Å²) < 4.78 is 5.38. The minimum absolute atomic E-state index is 0.0135. The van der Waals surface area contributed by atoms with Gasteiger partial charge in [-0.15, -0.1) is 0 Å². The maximum atomic E-state index is 11.3. The molecule has 5 heteroatoms. The highest BCUT2D eigenvalue weighted by atomic mass is 16.5. The first-order chi connectivity index (χ1) is 11.2. The van der Waals surface area contributed by atoms with Crippen molar-refractivity contribution >= 4 is 17.6 Å². The van der Waals surface area contributed by atoms with E-state index in [1.165, 1.54) is 0 Å². The topological polar surface area (TPSA) is 75.0 Å². The van der Waals surface area contributed by atoms with Crippen LogP contribution in [0.15, 0.2) is 48.7 Å². The van der Waals surface area contributed by atoms with Gasteiger partial charge >= 0.3 is 0 Å². The molecular weight excluding hydrogens is 290 g/mol. The van der Waals surface area contributed by atoms with Crippen LogP contribution in [0.4, 0.5) is 0 Å². The Hall–Kier alpha value is -3.13. The summed E-state index contributed by atoms with van der Waals surface area (Å²) in [7, 11) is 0. The fourth-order valence-electron chi connectivity index (χ4n) is 1.91. The van der Waals surface area contributed by atoms with Crippen molar-refractivity contribution in [2.45, 2.75) is 6.92 Å². The lowest BCUT2D eigenvalue weighted by molar-refractivity contribution is -0.122. The maximum absolute atomic E-state index is 11.3. The van der Waals surface area contributed by atoms with E-state index in [4.69, 9.17) is 4.74 Å². The first-order valence-corrected chi connectivity index (χ1v) is 7.25. The number of nitriles is 1. The Morgan fingerprint density at radius 3 is 2.70 bits per heavy atom. The van der Waals surface area contributed by atoms with E-state index in [0.717, 1.165) is 5.56 Å². The largest absolute Gasteiger partial charge is 0.484 e. The predicted octanol–water partition coefficient (Wildman–Crippen LogP) is 2.66. The van der Waals surface area contributed by atoms with Gasteiger partial charge in [0.2, 0.25) is 0 Å². The number of likely N-dealkylation sites (N-methyl/N-ethyl adjacent to an activating group) is 1. The summed E-state index contributed by atoms with van der Waals surface area (Å²) in [6.07, 6.45) is 3.41. The molecule has 0 saturated heterocycles. The number of hydrogen-bond acceptors (Lipinski definition) is 4. The van der Waals surface area contributed by atoms with Crippen LogP contribution in [-0.4, -0.2) is 24.0 Å². The lowest BCUT2D eigenvalue weighted by atomic mass is 10.1. The van der Waals surface area contributed by atoms with Crippen molar-refractivity contribution in [2.75, 3.05) is 13.2 Å². The second kappa shape index (κ2) is 8.35. The van der Waals surface area contributed by atoms with Gasteiger partial charge in [-0.2, -0.15) is 5.26 Å². The van der Waals surface area contributed by atoms with Gasteiger partial charge in [-0.1, -0.05) is 18.2 Å². The number of benzene rings is 1. The number of amides is 1. The molecule has 2 rings (SSSR count). The Morgan fingerprint density at radius 2 is 2.09 bits per heavy atom. The average Bonchev–Trinajstić information content (AvgIpc) is 2.60. The lowest BCUT2D eigenvalue weighted by Gasteiger charge is -2.06. The van der Waals surface area contributed by atoms with Crippen molar-refractivity contribution in [3.05, 3.63) is 59.9 Å². The van der Waals surface area contributed by atoms with Crippen LogP contribution >= 0.6 is 0 Å². The molecule has 1 aromatic heterocycles. The third kappa shape index (κ3) is 4.97. The second-order valence-corrected chi connectivity index (χ2v) is 4.70. The predicted molar refractivity (Wildman–Crippen MR) is 88.3 cm³/mol. The molecule has 116 valence electrons. The van der Waals surface area contributed by atoms with E-state index in [1.54, 1.807) is 36.5 Å². The van der Waals surface area contributed by atoms with Crippen LogP contribution in [0.25, 0.3) is 11.6 Å². The summed E-state index contributed by atoms with van der Waals surface area (Å²) in [6, 6.07) is 14.8. The number of nitrogens with zero attached hydrogens (tertiary/aromatic N) is 2. The molecule has 0 saturated carbocycles. The van der Waals surface area contributed by atoms with E-state index in [-0.39, 0.29) is 12.5 Å². The first kappa shape index (κ1) is 16.2. The lowest BCUT2D eigenvalue weighted by Crippen LogP contribution is -2.28. The van der Waals surface area contributed by atoms with Crippen LogP contribution in [0, 0.1) is 11.3 Å². The minimum Gasteiger partial charge on any atom is -0.484 e. The smallest absolute Gasteiger partial charge is 0.257 e. The van der Waals surface area contributed by atoms with Crippen LogP contribution in [0.1, 0.15) is 18.2 Å². The highest BCUT2D eigenvalue weighted by molar-refractivity contribution is 5.88. The molecule has 0 atom stereocenters. The Morgan fingerprint density at radius 1 is 1.30 bits per heavy atom. The Labute approximate surface area is 135 Å². The third-order valence-electron chi connectivity index (χ3n) is 3.00. The van der Waals surface area contributed by atoms with Gasteiger partial charge in [-0.3, -0.25) is 9.78 Å². The highest BCUT2D eigenvalue weighted by Crippen LogP contribution is 2.18. The van der Waals surface area contributed by atoms with E-state index in [0.29, 0.717) is 23.6 Å². The zero-order valence-corrected chi connectivity index (χ0v) is 12.8. The number of ether oxygens (including phenoxy) is 1. The number of carbonyl (C=O) groups excluding carboxylic acids is 1. The molecule has 0 radical (unpaired) electrons. The summed E-state index contributed by atoms with van der Waals surface area (Å²) in [4.78, 5) is 15.5. The Kier molecular flexibility index (Phi) is 5.89. The SMILES string of the molecule is CCNC(=O)COc1ccc(/C=C(/C#N)c2ccccn2)cc1. The van der Waals surface area contributed by atoms with Crippen LogP contribution in [-0.2, 0) is 4.79 Å². The number of hydrogen-bond donors (Lipinski definition) is 1. The van der Waals surface area contributed by atoms with Gasteiger partial charge in [-0.05, 0) is 42.8 Å². The van der Waals surface area contributed by atoms with Crippen molar-refractivity contribution < 1.29 is 9.53 Å². The van der Waals surface area contributed by atoms with Crippen LogP contribution < -0.4 is 10.1 Å². The van der Waals surface area contributed by atoms with Crippen LogP contribution in [0.5, 0.6) is 5.75 Å². The monoisotopic (exact) mass is 307 g/mol. The van der Waals surface area contributed by atoms with Crippen molar-refractivity contribution in [1.29, 1.82) is 5.26 Å². The fourth-order valence-corrected chi connectivity index (χ4v) is 1.91. The van der Waals surface area contributed by atoms with Crippen molar-refractivity contribution in [3.8, 4) is 11.8 Å². The van der Waals surface area contributed by atoms with Crippen molar-refractivity contribution in [2.24, 2.45) is 0 Å². The zero-order chi connectivity index (χ0) is 16.5. The molecule has 1 N–H and O–H groups in total. The van der Waals surface area contributed by atoms with Crippen LogP contribution in [0.2, 0.25) is 0 Å². The summed E-state index contributed by atoms with van der Waals surface area (Å²) in [5.74, 6) is 0.447. The quantitative estimate of drug-likeness (QED) is 0.833. The van der Waals surface area contributed by atoms with Crippen molar-refractivity contribution in [3.63, 3.8) is 0 Å². The zero-order valence-electron chi connectivity index (χ0n) is 12.8. The normalized spacial score (nSPS) is 10.7. The van der Waals surface area contributed by atoms with E-state index < -0.39 is 0 Å². The Balaban J connectivity index is 2.06. The molecule has 0 fully saturated rings. The summed E-state index contributed by atoms with van der Waals surface area (Å²) in [5.41, 5.74) is 1.98. The van der Waals surface area contributed by atoms with Gasteiger partial charge < -0.3 is 10.1 Å². The number of carbonyl (C=O) groups is 1. The highest BCUT2D eigenvalue weighted by Gasteiger charge is 2.03. The molecule has 23 heavy (non-hydrogen) atoms. The molecule has 0 aliphatic rings. The fraction of sp³-hybridized carbons (Fsp3) is 0.167.